The second kappa shape index (κ2) is 6.51. The van der Waals surface area contributed by atoms with Crippen LogP contribution in [0.15, 0.2) is 54.6 Å². The molecule has 3 nitrogen and oxygen atoms in total. The van der Waals surface area contributed by atoms with Gasteiger partial charge in [0.15, 0.2) is 0 Å². The van der Waals surface area contributed by atoms with Crippen molar-refractivity contribution < 1.29 is 0 Å². The van der Waals surface area contributed by atoms with Crippen LogP contribution in [0, 0.1) is 18.3 Å². The van der Waals surface area contributed by atoms with E-state index >= 15 is 0 Å². The van der Waals surface area contributed by atoms with Crippen LogP contribution in [-0.4, -0.2) is 9.97 Å². The first-order valence-corrected chi connectivity index (χ1v) is 7.55. The summed E-state index contributed by atoms with van der Waals surface area (Å²) in [6, 6.07) is 15.7. The van der Waals surface area contributed by atoms with Crippen LogP contribution in [0.2, 0.25) is 5.02 Å². The van der Waals surface area contributed by atoms with Crippen molar-refractivity contribution in [2.75, 3.05) is 0 Å². The predicted octanol–water partition coefficient (Wildman–Crippen LogP) is 5.15. The SMILES string of the molecule is Cc1ccc2nc(C(C#N)=CC=Cc3ccccc3Cl)[nH]c2c1. The molecule has 4 heteroatoms. The third-order valence-corrected chi connectivity index (χ3v) is 3.80. The van der Waals surface area contributed by atoms with E-state index < -0.39 is 0 Å². The molecule has 0 aliphatic rings. The Bertz CT molecular complexity index is 958. The Morgan fingerprint density at radius 2 is 2.09 bits per heavy atom. The first-order chi connectivity index (χ1) is 11.2. The van der Waals surface area contributed by atoms with Crippen molar-refractivity contribution in [1.82, 2.24) is 9.97 Å². The van der Waals surface area contributed by atoms with Crippen LogP contribution in [0.5, 0.6) is 0 Å². The molecule has 0 aliphatic carbocycles. The van der Waals surface area contributed by atoms with Gasteiger partial charge in [-0.05, 0) is 42.3 Å². The number of imidazole rings is 1. The lowest BCUT2D eigenvalue weighted by Gasteiger charge is -1.95. The van der Waals surface area contributed by atoms with Gasteiger partial charge < -0.3 is 4.98 Å². The van der Waals surface area contributed by atoms with Crippen molar-refractivity contribution in [2.45, 2.75) is 6.92 Å². The molecule has 112 valence electrons. The van der Waals surface area contributed by atoms with Gasteiger partial charge in [0.05, 0.1) is 16.6 Å². The number of rotatable bonds is 3. The van der Waals surface area contributed by atoms with Crippen molar-refractivity contribution in [3.8, 4) is 6.07 Å². The van der Waals surface area contributed by atoms with Gasteiger partial charge in [0, 0.05) is 5.02 Å². The molecule has 0 unspecified atom stereocenters. The van der Waals surface area contributed by atoms with Gasteiger partial charge in [-0.15, -0.1) is 0 Å². The smallest absolute Gasteiger partial charge is 0.149 e. The molecule has 0 radical (unpaired) electrons. The number of nitrogens with zero attached hydrogens (tertiary/aromatic N) is 2. The summed E-state index contributed by atoms with van der Waals surface area (Å²) in [4.78, 5) is 7.65. The molecule has 1 N–H and O–H groups in total. The van der Waals surface area contributed by atoms with Gasteiger partial charge >= 0.3 is 0 Å². The van der Waals surface area contributed by atoms with Crippen LogP contribution in [0.3, 0.4) is 0 Å². The van der Waals surface area contributed by atoms with E-state index in [4.69, 9.17) is 11.6 Å². The summed E-state index contributed by atoms with van der Waals surface area (Å²) in [5.41, 5.74) is 4.30. The van der Waals surface area contributed by atoms with Crippen LogP contribution < -0.4 is 0 Å². The molecule has 0 aliphatic heterocycles. The first kappa shape index (κ1) is 15.1. The van der Waals surface area contributed by atoms with Gasteiger partial charge in [0.25, 0.3) is 0 Å². The zero-order valence-electron chi connectivity index (χ0n) is 12.5. The average Bonchev–Trinajstić information content (AvgIpc) is 2.96. The largest absolute Gasteiger partial charge is 0.337 e. The van der Waals surface area contributed by atoms with Crippen molar-refractivity contribution >= 4 is 34.3 Å². The third-order valence-electron chi connectivity index (χ3n) is 3.46. The number of aryl methyl sites for hydroxylation is 1. The molecule has 1 heterocycles. The lowest BCUT2D eigenvalue weighted by molar-refractivity contribution is 1.27. The number of hydrogen-bond donors (Lipinski definition) is 1. The molecular formula is C19H14ClN3. The topological polar surface area (TPSA) is 52.5 Å². The quantitative estimate of drug-likeness (QED) is 0.536. The number of halogens is 1. The Hall–Kier alpha value is -2.83. The van der Waals surface area contributed by atoms with Crippen molar-refractivity contribution in [1.29, 1.82) is 5.26 Å². The van der Waals surface area contributed by atoms with E-state index in [1.807, 2.05) is 55.5 Å². The molecule has 3 rings (SSSR count). The van der Waals surface area contributed by atoms with Crippen LogP contribution in [0.4, 0.5) is 0 Å². The molecule has 0 atom stereocenters. The van der Waals surface area contributed by atoms with Crippen LogP contribution in [-0.2, 0) is 0 Å². The number of aromatic amines is 1. The molecule has 0 saturated heterocycles. The van der Waals surface area contributed by atoms with E-state index in [9.17, 15) is 5.26 Å². The number of hydrogen-bond acceptors (Lipinski definition) is 2. The molecule has 0 spiro atoms. The number of H-pyrrole nitrogens is 1. The van der Waals surface area contributed by atoms with Crippen LogP contribution in [0.25, 0.3) is 22.7 Å². The Morgan fingerprint density at radius 3 is 2.87 bits per heavy atom. The summed E-state index contributed by atoms with van der Waals surface area (Å²) in [6.07, 6.45) is 5.40. The molecule has 3 aromatic rings. The monoisotopic (exact) mass is 319 g/mol. The fourth-order valence-electron chi connectivity index (χ4n) is 2.28. The van der Waals surface area contributed by atoms with Crippen molar-refractivity contribution in [3.05, 3.63) is 76.6 Å². The summed E-state index contributed by atoms with van der Waals surface area (Å²) in [7, 11) is 0. The number of allylic oxidation sites excluding steroid dienone is 3. The standard InChI is InChI=1S/C19H14ClN3/c1-13-9-10-17-18(11-13)23-19(22-17)15(12-21)7-4-6-14-5-2-3-8-16(14)20/h2-11H,1H3,(H,22,23). The molecule has 0 fully saturated rings. The van der Waals surface area contributed by atoms with Crippen molar-refractivity contribution in [3.63, 3.8) is 0 Å². The van der Waals surface area contributed by atoms with Crippen LogP contribution >= 0.6 is 11.6 Å². The van der Waals surface area contributed by atoms with Gasteiger partial charge in [0.2, 0.25) is 0 Å². The van der Waals surface area contributed by atoms with E-state index in [2.05, 4.69) is 16.0 Å². The number of nitrogens with one attached hydrogen (secondary N) is 1. The maximum Gasteiger partial charge on any atom is 0.149 e. The molecule has 0 saturated carbocycles. The maximum absolute atomic E-state index is 9.37. The van der Waals surface area contributed by atoms with E-state index in [-0.39, 0.29) is 0 Å². The van der Waals surface area contributed by atoms with Crippen LogP contribution in [0.1, 0.15) is 17.0 Å². The summed E-state index contributed by atoms with van der Waals surface area (Å²) in [5.74, 6) is 0.567. The summed E-state index contributed by atoms with van der Waals surface area (Å²) in [5, 5.41) is 10.0. The number of fused-ring (bicyclic) bond motifs is 1. The van der Waals surface area contributed by atoms with Gasteiger partial charge in [-0.1, -0.05) is 48.0 Å². The number of benzene rings is 2. The fraction of sp³-hybridized carbons (Fsp3) is 0.0526. The van der Waals surface area contributed by atoms with Gasteiger partial charge in [-0.3, -0.25) is 0 Å². The van der Waals surface area contributed by atoms with Gasteiger partial charge in [-0.25, -0.2) is 4.98 Å². The lowest BCUT2D eigenvalue weighted by Crippen LogP contribution is -1.83. The maximum atomic E-state index is 9.37. The Balaban J connectivity index is 1.92. The predicted molar refractivity (Wildman–Crippen MR) is 94.9 cm³/mol. The molecule has 0 amide bonds. The lowest BCUT2D eigenvalue weighted by atomic mass is 10.2. The molecule has 2 aromatic carbocycles. The highest BCUT2D eigenvalue weighted by atomic mass is 35.5. The minimum atomic E-state index is 0.474. The second-order valence-electron chi connectivity index (χ2n) is 5.18. The zero-order valence-corrected chi connectivity index (χ0v) is 13.3. The van der Waals surface area contributed by atoms with Gasteiger partial charge in [0.1, 0.15) is 11.9 Å². The summed E-state index contributed by atoms with van der Waals surface area (Å²) in [6.45, 7) is 2.02. The highest BCUT2D eigenvalue weighted by Crippen LogP contribution is 2.19. The summed E-state index contributed by atoms with van der Waals surface area (Å²) < 4.78 is 0. The second-order valence-corrected chi connectivity index (χ2v) is 5.59. The average molecular weight is 320 g/mol. The third kappa shape index (κ3) is 3.33. The molecule has 23 heavy (non-hydrogen) atoms. The Kier molecular flexibility index (Phi) is 4.27. The molecular weight excluding hydrogens is 306 g/mol. The molecule has 0 bridgehead atoms. The van der Waals surface area contributed by atoms with Crippen molar-refractivity contribution in [2.24, 2.45) is 0 Å². The van der Waals surface area contributed by atoms with E-state index in [0.717, 1.165) is 22.2 Å². The highest BCUT2D eigenvalue weighted by Gasteiger charge is 2.06. The van der Waals surface area contributed by atoms with E-state index in [0.29, 0.717) is 16.4 Å². The number of nitriles is 1. The normalized spacial score (nSPS) is 12.0. The molecule has 1 aromatic heterocycles. The Labute approximate surface area is 139 Å². The minimum Gasteiger partial charge on any atom is -0.337 e. The van der Waals surface area contributed by atoms with E-state index in [1.165, 1.54) is 0 Å². The summed E-state index contributed by atoms with van der Waals surface area (Å²) >= 11 is 6.10. The first-order valence-electron chi connectivity index (χ1n) is 7.17. The minimum absolute atomic E-state index is 0.474. The fourth-order valence-corrected chi connectivity index (χ4v) is 2.48. The van der Waals surface area contributed by atoms with Gasteiger partial charge in [-0.2, -0.15) is 5.26 Å². The van der Waals surface area contributed by atoms with E-state index in [1.54, 1.807) is 12.2 Å². The Morgan fingerprint density at radius 1 is 1.26 bits per heavy atom. The zero-order chi connectivity index (χ0) is 16.2. The number of aromatic nitrogens is 2. The highest BCUT2D eigenvalue weighted by molar-refractivity contribution is 6.32.